The van der Waals surface area contributed by atoms with Gasteiger partial charge in [0.15, 0.2) is 21.3 Å². The normalized spacial score (nSPS) is 14.8. The van der Waals surface area contributed by atoms with E-state index in [9.17, 15) is 13.2 Å². The van der Waals surface area contributed by atoms with Crippen molar-refractivity contribution in [2.24, 2.45) is 0 Å². The average molecular weight is 371 g/mol. The maximum absolute atomic E-state index is 12.3. The molecule has 0 bridgehead atoms. The molecule has 0 unspecified atom stereocenters. The molecular formula is C17H25NO6S. The van der Waals surface area contributed by atoms with Crippen molar-refractivity contribution < 1.29 is 27.4 Å². The van der Waals surface area contributed by atoms with Crippen LogP contribution in [0.25, 0.3) is 0 Å². The Morgan fingerprint density at radius 1 is 1.12 bits per heavy atom. The molecule has 0 atom stereocenters. The van der Waals surface area contributed by atoms with Gasteiger partial charge >= 0.3 is 0 Å². The monoisotopic (exact) mass is 371 g/mol. The van der Waals surface area contributed by atoms with Gasteiger partial charge in [-0.05, 0) is 18.1 Å². The Balaban J connectivity index is 1.99. The van der Waals surface area contributed by atoms with E-state index in [1.54, 1.807) is 25.0 Å². The molecule has 1 aromatic rings. The van der Waals surface area contributed by atoms with E-state index in [-0.39, 0.29) is 31.2 Å². The molecule has 1 aliphatic rings. The van der Waals surface area contributed by atoms with E-state index in [0.717, 1.165) is 5.56 Å². The van der Waals surface area contributed by atoms with Gasteiger partial charge in [0.05, 0.1) is 26.6 Å². The van der Waals surface area contributed by atoms with E-state index in [0.29, 0.717) is 23.7 Å². The number of methoxy groups -OCH3 is 3. The summed E-state index contributed by atoms with van der Waals surface area (Å²) in [5.74, 6) is 1.66. The lowest BCUT2D eigenvalue weighted by molar-refractivity contribution is -0.134. The fourth-order valence-electron chi connectivity index (χ4n) is 2.86. The van der Waals surface area contributed by atoms with Crippen LogP contribution in [0.15, 0.2) is 12.1 Å². The number of amides is 1. The third kappa shape index (κ3) is 4.00. The number of hydrogen-bond donors (Lipinski definition) is 0. The zero-order valence-electron chi connectivity index (χ0n) is 15.1. The summed E-state index contributed by atoms with van der Waals surface area (Å²) >= 11 is 0. The number of ether oxygens (including phenoxy) is 3. The summed E-state index contributed by atoms with van der Waals surface area (Å²) in [6.07, 6.45) is 0.759. The maximum atomic E-state index is 12.3. The molecule has 0 spiro atoms. The van der Waals surface area contributed by atoms with E-state index in [4.69, 9.17) is 14.2 Å². The van der Waals surface area contributed by atoms with Gasteiger partial charge in [-0.2, -0.15) is 0 Å². The molecule has 0 radical (unpaired) electrons. The van der Waals surface area contributed by atoms with Crippen molar-refractivity contribution >= 4 is 15.7 Å². The molecule has 0 aliphatic carbocycles. The highest BCUT2D eigenvalue weighted by atomic mass is 32.2. The van der Waals surface area contributed by atoms with Gasteiger partial charge in [-0.15, -0.1) is 0 Å². The lowest BCUT2D eigenvalue weighted by Gasteiger charge is -2.38. The maximum Gasteiger partial charge on any atom is 0.222 e. The predicted octanol–water partition coefficient (Wildman–Crippen LogP) is 1.29. The lowest BCUT2D eigenvalue weighted by atomic mass is 10.1. The topological polar surface area (TPSA) is 82.1 Å². The molecule has 0 N–H and O–H groups in total. The quantitative estimate of drug-likeness (QED) is 0.685. The van der Waals surface area contributed by atoms with Gasteiger partial charge in [0.1, 0.15) is 0 Å². The number of aryl methyl sites for hydroxylation is 1. The first-order valence-corrected chi connectivity index (χ1v) is 9.86. The van der Waals surface area contributed by atoms with Crippen molar-refractivity contribution in [3.63, 3.8) is 0 Å². The van der Waals surface area contributed by atoms with Gasteiger partial charge < -0.3 is 19.1 Å². The van der Waals surface area contributed by atoms with Crippen LogP contribution in [0, 0.1) is 0 Å². The van der Waals surface area contributed by atoms with Gasteiger partial charge in [-0.25, -0.2) is 8.42 Å². The standard InChI is InChI=1S/C17H25NO6S/c1-5-25(20,21)13-10-18(11-13)15(19)9-7-12-6-8-14(22-2)17(24-4)16(12)23-3/h6,8,13H,5,7,9-11H2,1-4H3. The van der Waals surface area contributed by atoms with Crippen molar-refractivity contribution in [1.82, 2.24) is 4.90 Å². The highest BCUT2D eigenvalue weighted by Gasteiger charge is 2.38. The van der Waals surface area contributed by atoms with Crippen molar-refractivity contribution in [3.05, 3.63) is 17.7 Å². The minimum absolute atomic E-state index is 0.0561. The van der Waals surface area contributed by atoms with Crippen molar-refractivity contribution in [2.45, 2.75) is 25.0 Å². The Labute approximate surface area is 148 Å². The second-order valence-corrected chi connectivity index (χ2v) is 8.44. The fourth-order valence-corrected chi connectivity index (χ4v) is 4.15. The largest absolute Gasteiger partial charge is 0.493 e. The molecule has 1 fully saturated rings. The Hall–Kier alpha value is -1.96. The first-order valence-electron chi connectivity index (χ1n) is 8.15. The van der Waals surface area contributed by atoms with Crippen LogP contribution in [0.5, 0.6) is 17.2 Å². The number of likely N-dealkylation sites (tertiary alicyclic amines) is 1. The van der Waals surface area contributed by atoms with Crippen LogP contribution >= 0.6 is 0 Å². The number of rotatable bonds is 8. The zero-order valence-corrected chi connectivity index (χ0v) is 15.9. The Morgan fingerprint density at radius 2 is 1.76 bits per heavy atom. The molecule has 1 aliphatic heterocycles. The van der Waals surface area contributed by atoms with Crippen LogP contribution in [-0.2, 0) is 21.1 Å². The molecule has 140 valence electrons. The molecule has 8 heteroatoms. The highest BCUT2D eigenvalue weighted by Crippen LogP contribution is 2.40. The van der Waals surface area contributed by atoms with Crippen LogP contribution in [-0.4, -0.2) is 64.6 Å². The molecular weight excluding hydrogens is 346 g/mol. The third-order valence-corrected chi connectivity index (χ3v) is 6.62. The van der Waals surface area contributed by atoms with E-state index in [1.165, 1.54) is 14.2 Å². The molecule has 7 nitrogen and oxygen atoms in total. The smallest absolute Gasteiger partial charge is 0.222 e. The van der Waals surface area contributed by atoms with Gasteiger partial charge in [0, 0.05) is 25.3 Å². The van der Waals surface area contributed by atoms with Crippen LogP contribution in [0.1, 0.15) is 18.9 Å². The molecule has 0 saturated carbocycles. The average Bonchev–Trinajstić information content (AvgIpc) is 2.57. The molecule has 2 rings (SSSR count). The van der Waals surface area contributed by atoms with E-state index >= 15 is 0 Å². The molecule has 1 saturated heterocycles. The second-order valence-electron chi connectivity index (χ2n) is 5.87. The van der Waals surface area contributed by atoms with Gasteiger partial charge in [0.2, 0.25) is 11.7 Å². The lowest BCUT2D eigenvalue weighted by Crippen LogP contribution is -2.57. The van der Waals surface area contributed by atoms with Crippen molar-refractivity contribution in [2.75, 3.05) is 40.2 Å². The predicted molar refractivity (Wildman–Crippen MR) is 94.2 cm³/mol. The van der Waals surface area contributed by atoms with Crippen LogP contribution in [0.4, 0.5) is 0 Å². The SMILES string of the molecule is CCS(=O)(=O)C1CN(C(=O)CCc2ccc(OC)c(OC)c2OC)C1. The molecule has 25 heavy (non-hydrogen) atoms. The molecule has 1 amide bonds. The van der Waals surface area contributed by atoms with Crippen molar-refractivity contribution in [3.8, 4) is 17.2 Å². The second kappa shape index (κ2) is 7.95. The highest BCUT2D eigenvalue weighted by molar-refractivity contribution is 7.92. The number of nitrogens with zero attached hydrogens (tertiary/aromatic N) is 1. The molecule has 0 aromatic heterocycles. The Morgan fingerprint density at radius 3 is 2.28 bits per heavy atom. The first kappa shape index (κ1) is 19.4. The van der Waals surface area contributed by atoms with Crippen LogP contribution < -0.4 is 14.2 Å². The number of carbonyl (C=O) groups excluding carboxylic acids is 1. The summed E-state index contributed by atoms with van der Waals surface area (Å²) < 4.78 is 39.5. The van der Waals surface area contributed by atoms with Gasteiger partial charge in [-0.3, -0.25) is 4.79 Å². The number of carbonyl (C=O) groups is 1. The summed E-state index contributed by atoms with van der Waals surface area (Å²) in [5.41, 5.74) is 0.840. The van der Waals surface area contributed by atoms with Gasteiger partial charge in [0.25, 0.3) is 0 Å². The summed E-state index contributed by atoms with van der Waals surface area (Å²) in [6.45, 7) is 2.21. The first-order chi connectivity index (χ1) is 11.9. The Bertz CT molecular complexity index is 725. The summed E-state index contributed by atoms with van der Waals surface area (Å²) in [4.78, 5) is 13.9. The summed E-state index contributed by atoms with van der Waals surface area (Å²) in [7, 11) is 1.55. The van der Waals surface area contributed by atoms with Crippen LogP contribution in [0.3, 0.4) is 0 Å². The summed E-state index contributed by atoms with van der Waals surface area (Å²) in [6, 6.07) is 3.61. The van der Waals surface area contributed by atoms with E-state index in [2.05, 4.69) is 0 Å². The van der Waals surface area contributed by atoms with E-state index in [1.807, 2.05) is 6.07 Å². The zero-order chi connectivity index (χ0) is 18.6. The Kier molecular flexibility index (Phi) is 6.16. The number of hydrogen-bond acceptors (Lipinski definition) is 6. The van der Waals surface area contributed by atoms with E-state index < -0.39 is 15.1 Å². The summed E-state index contributed by atoms with van der Waals surface area (Å²) in [5, 5.41) is -0.419. The number of benzene rings is 1. The number of sulfone groups is 1. The molecule has 1 heterocycles. The van der Waals surface area contributed by atoms with Crippen LogP contribution in [0.2, 0.25) is 0 Å². The fraction of sp³-hybridized carbons (Fsp3) is 0.588. The minimum atomic E-state index is -3.07. The third-order valence-electron chi connectivity index (χ3n) is 4.50. The van der Waals surface area contributed by atoms with Gasteiger partial charge in [-0.1, -0.05) is 13.0 Å². The van der Waals surface area contributed by atoms with Crippen molar-refractivity contribution in [1.29, 1.82) is 0 Å². The minimum Gasteiger partial charge on any atom is -0.493 e. The molecule has 1 aromatic carbocycles.